The summed E-state index contributed by atoms with van der Waals surface area (Å²) in [4.78, 5) is 0. The number of benzene rings is 1. The molecule has 0 atom stereocenters. The topological polar surface area (TPSA) is 0 Å². The van der Waals surface area contributed by atoms with Crippen molar-refractivity contribution in [1.82, 2.24) is 0 Å². The number of allylic oxidation sites excluding steroid dienone is 2. The van der Waals surface area contributed by atoms with Crippen molar-refractivity contribution in [2.24, 2.45) is 23.7 Å². The highest BCUT2D eigenvalue weighted by molar-refractivity contribution is 5.19. The largest absolute Gasteiger partial charge is 0.204 e. The van der Waals surface area contributed by atoms with Crippen LogP contribution in [0.2, 0.25) is 0 Å². The van der Waals surface area contributed by atoms with E-state index in [1.807, 2.05) is 0 Å². The highest BCUT2D eigenvalue weighted by Gasteiger charge is 2.30. The molecule has 0 amide bonds. The van der Waals surface area contributed by atoms with Gasteiger partial charge in [0.25, 0.3) is 0 Å². The van der Waals surface area contributed by atoms with Gasteiger partial charge in [0.15, 0.2) is 17.5 Å². The molecule has 31 heavy (non-hydrogen) atoms. The molecule has 2 aliphatic rings. The van der Waals surface area contributed by atoms with Gasteiger partial charge in [-0.2, -0.15) is 0 Å². The zero-order valence-electron chi connectivity index (χ0n) is 19.4. The minimum atomic E-state index is -1.36. The van der Waals surface area contributed by atoms with E-state index in [1.54, 1.807) is 0 Å². The van der Waals surface area contributed by atoms with Gasteiger partial charge in [-0.05, 0) is 99.2 Å². The van der Waals surface area contributed by atoms with Crippen molar-refractivity contribution in [3.63, 3.8) is 0 Å². The van der Waals surface area contributed by atoms with Gasteiger partial charge in [-0.25, -0.2) is 13.2 Å². The Morgan fingerprint density at radius 1 is 0.742 bits per heavy atom. The van der Waals surface area contributed by atoms with Crippen LogP contribution in [-0.4, -0.2) is 0 Å². The number of halogens is 3. The van der Waals surface area contributed by atoms with Crippen molar-refractivity contribution < 1.29 is 13.2 Å². The monoisotopic (exact) mass is 434 g/mol. The summed E-state index contributed by atoms with van der Waals surface area (Å²) in [6.07, 6.45) is 23.6. The van der Waals surface area contributed by atoms with Crippen molar-refractivity contribution in [2.45, 2.75) is 103 Å². The molecule has 2 aliphatic carbocycles. The highest BCUT2D eigenvalue weighted by atomic mass is 19.2. The molecule has 0 aromatic heterocycles. The van der Waals surface area contributed by atoms with E-state index in [1.165, 1.54) is 83.5 Å². The second kappa shape index (κ2) is 12.7. The van der Waals surface area contributed by atoms with Crippen LogP contribution in [0.4, 0.5) is 13.2 Å². The van der Waals surface area contributed by atoms with Gasteiger partial charge in [0.2, 0.25) is 0 Å². The van der Waals surface area contributed by atoms with E-state index >= 15 is 0 Å². The van der Waals surface area contributed by atoms with Gasteiger partial charge >= 0.3 is 0 Å². The van der Waals surface area contributed by atoms with Gasteiger partial charge in [-0.1, -0.05) is 57.6 Å². The first-order chi connectivity index (χ1) is 15.1. The fourth-order valence-corrected chi connectivity index (χ4v) is 5.95. The molecule has 1 aromatic rings. The summed E-state index contributed by atoms with van der Waals surface area (Å²) in [5.74, 6) is -0.0997. The third-order valence-electron chi connectivity index (χ3n) is 7.94. The summed E-state index contributed by atoms with van der Waals surface area (Å²) < 4.78 is 39.9. The van der Waals surface area contributed by atoms with E-state index in [9.17, 15) is 13.2 Å². The number of hydrogen-bond acceptors (Lipinski definition) is 0. The number of rotatable bonds is 10. The van der Waals surface area contributed by atoms with Crippen LogP contribution >= 0.6 is 0 Å². The Morgan fingerprint density at radius 3 is 1.81 bits per heavy atom. The lowest BCUT2D eigenvalue weighted by Gasteiger charge is -2.38. The van der Waals surface area contributed by atoms with E-state index in [4.69, 9.17) is 0 Å². The normalized spacial score (nSPS) is 27.1. The maximum atomic E-state index is 13.4. The lowest BCUT2D eigenvalue weighted by atomic mass is 9.68. The minimum absolute atomic E-state index is 0.581. The van der Waals surface area contributed by atoms with Gasteiger partial charge < -0.3 is 0 Å². The Morgan fingerprint density at radius 2 is 1.26 bits per heavy atom. The average Bonchev–Trinajstić information content (AvgIpc) is 2.79. The van der Waals surface area contributed by atoms with Crippen LogP contribution in [0.5, 0.6) is 0 Å². The van der Waals surface area contributed by atoms with Gasteiger partial charge in [-0.3, -0.25) is 0 Å². The minimum Gasteiger partial charge on any atom is -0.204 e. The summed E-state index contributed by atoms with van der Waals surface area (Å²) >= 11 is 0. The molecule has 0 nitrogen and oxygen atoms in total. The van der Waals surface area contributed by atoms with Crippen molar-refractivity contribution in [1.29, 1.82) is 0 Å². The summed E-state index contributed by atoms with van der Waals surface area (Å²) in [5, 5.41) is 0. The van der Waals surface area contributed by atoms with Gasteiger partial charge in [0, 0.05) is 0 Å². The number of unbranched alkanes of at least 4 members (excludes halogenated alkanes) is 2. The molecule has 2 fully saturated rings. The van der Waals surface area contributed by atoms with Gasteiger partial charge in [0.1, 0.15) is 0 Å². The summed E-state index contributed by atoms with van der Waals surface area (Å²) in [6, 6.07) is 2.31. The molecule has 0 bridgehead atoms. The number of hydrogen-bond donors (Lipinski definition) is 0. The first kappa shape index (κ1) is 24.4. The van der Waals surface area contributed by atoms with E-state index in [0.29, 0.717) is 17.9 Å². The first-order valence-corrected chi connectivity index (χ1v) is 12.8. The molecule has 0 aliphatic heterocycles. The molecule has 0 spiro atoms. The third kappa shape index (κ3) is 7.68. The van der Waals surface area contributed by atoms with Gasteiger partial charge in [0.05, 0.1) is 0 Å². The van der Waals surface area contributed by atoms with Crippen LogP contribution in [0, 0.1) is 41.1 Å². The van der Waals surface area contributed by atoms with Crippen molar-refractivity contribution in [2.75, 3.05) is 0 Å². The Bertz CT molecular complexity index is 656. The highest BCUT2D eigenvalue weighted by Crippen LogP contribution is 2.43. The summed E-state index contributed by atoms with van der Waals surface area (Å²) in [5.41, 5.74) is 0.581. The molecular formula is C28H41F3. The predicted octanol–water partition coefficient (Wildman–Crippen LogP) is 9.18. The molecule has 0 unspecified atom stereocenters. The van der Waals surface area contributed by atoms with E-state index < -0.39 is 17.5 Å². The Hall–Kier alpha value is -1.25. The molecule has 3 heteroatoms. The Labute approximate surface area is 187 Å². The molecule has 0 heterocycles. The molecule has 1 aromatic carbocycles. The Balaban J connectivity index is 1.31. The predicted molar refractivity (Wildman–Crippen MR) is 123 cm³/mol. The smallest absolute Gasteiger partial charge is 0.194 e. The van der Waals surface area contributed by atoms with Crippen molar-refractivity contribution in [3.8, 4) is 0 Å². The van der Waals surface area contributed by atoms with Crippen LogP contribution in [0.25, 0.3) is 0 Å². The third-order valence-corrected chi connectivity index (χ3v) is 7.94. The summed E-state index contributed by atoms with van der Waals surface area (Å²) in [7, 11) is 0. The van der Waals surface area contributed by atoms with Crippen LogP contribution in [0.3, 0.4) is 0 Å². The van der Waals surface area contributed by atoms with E-state index in [2.05, 4.69) is 19.1 Å². The molecule has 2 saturated carbocycles. The quantitative estimate of drug-likeness (QED) is 0.196. The maximum Gasteiger partial charge on any atom is 0.194 e. The van der Waals surface area contributed by atoms with E-state index in [-0.39, 0.29) is 0 Å². The van der Waals surface area contributed by atoms with Crippen molar-refractivity contribution in [3.05, 3.63) is 47.3 Å². The molecule has 0 radical (unpaired) electrons. The summed E-state index contributed by atoms with van der Waals surface area (Å²) in [6.45, 7) is 2.23. The average molecular weight is 435 g/mol. The number of aryl methyl sites for hydroxylation is 1. The molecule has 174 valence electrons. The van der Waals surface area contributed by atoms with Crippen LogP contribution in [-0.2, 0) is 6.42 Å². The molecule has 0 N–H and O–H groups in total. The van der Waals surface area contributed by atoms with Crippen LogP contribution < -0.4 is 0 Å². The fourth-order valence-electron chi connectivity index (χ4n) is 5.95. The first-order valence-electron chi connectivity index (χ1n) is 12.8. The van der Waals surface area contributed by atoms with Crippen molar-refractivity contribution >= 4 is 0 Å². The lowest BCUT2D eigenvalue weighted by molar-refractivity contribution is 0.141. The standard InChI is InChI=1S/C28H41F3/c1-2-3-4-5-6-7-8-21-11-15-24(16-12-21)25-17-13-22(14-18-25)9-10-23-19-26(29)28(31)27(30)20-23/h4-5,19-22,24-25H,2-3,6-18H2,1H3. The zero-order chi connectivity index (χ0) is 22.1. The SMILES string of the molecule is CCCC=CCCCC1CCC(C2CCC(CCc3cc(F)c(F)c(F)c3)CC2)CC1. The second-order valence-corrected chi connectivity index (χ2v) is 10.2. The van der Waals surface area contributed by atoms with E-state index in [0.717, 1.165) is 36.3 Å². The van der Waals surface area contributed by atoms with Gasteiger partial charge in [-0.15, -0.1) is 0 Å². The fraction of sp³-hybridized carbons (Fsp3) is 0.714. The van der Waals surface area contributed by atoms with Crippen LogP contribution in [0.15, 0.2) is 24.3 Å². The molecule has 3 rings (SSSR count). The zero-order valence-corrected chi connectivity index (χ0v) is 19.4. The lowest BCUT2D eigenvalue weighted by Crippen LogP contribution is -2.26. The Kier molecular flexibility index (Phi) is 9.99. The molecule has 0 saturated heterocycles. The maximum absolute atomic E-state index is 13.4. The van der Waals surface area contributed by atoms with Crippen LogP contribution in [0.1, 0.15) is 102 Å². The molecular weight excluding hydrogens is 393 g/mol. The second-order valence-electron chi connectivity index (χ2n) is 10.2.